The Balaban J connectivity index is 2.20. The number of aromatic hydroxyl groups is 2. The van der Waals surface area contributed by atoms with E-state index < -0.39 is 23.4 Å². The largest absolute Gasteiger partial charge is 0.506 e. The molecule has 0 amide bonds. The highest BCUT2D eigenvalue weighted by molar-refractivity contribution is 6.22. The molecule has 8 nitrogen and oxygen atoms in total. The van der Waals surface area contributed by atoms with Gasteiger partial charge >= 0.3 is 11.9 Å². The molecule has 0 unspecified atom stereocenters. The molecule has 3 aromatic rings. The monoisotopic (exact) mass is 464 g/mol. The van der Waals surface area contributed by atoms with Gasteiger partial charge in [-0.2, -0.15) is 0 Å². The predicted octanol–water partition coefficient (Wildman–Crippen LogP) is 5.67. The quantitative estimate of drug-likeness (QED) is 0.433. The summed E-state index contributed by atoms with van der Waals surface area (Å²) in [7, 11) is 0. The highest BCUT2D eigenvalue weighted by Gasteiger charge is 2.35. The van der Waals surface area contributed by atoms with Crippen molar-refractivity contribution in [3.8, 4) is 28.4 Å². The molecule has 34 heavy (non-hydrogen) atoms. The molecule has 1 aliphatic heterocycles. The van der Waals surface area contributed by atoms with Gasteiger partial charge < -0.3 is 24.6 Å². The lowest BCUT2D eigenvalue weighted by molar-refractivity contribution is 0.0480. The van der Waals surface area contributed by atoms with Crippen LogP contribution in [0.3, 0.4) is 0 Å². The van der Waals surface area contributed by atoms with Gasteiger partial charge in [0.1, 0.15) is 5.75 Å². The average molecular weight is 464 g/mol. The maximum absolute atomic E-state index is 13.2. The van der Waals surface area contributed by atoms with E-state index in [1.165, 1.54) is 18.2 Å². The molecule has 4 rings (SSSR count). The van der Waals surface area contributed by atoms with Gasteiger partial charge in [-0.3, -0.25) is 5.11 Å². The van der Waals surface area contributed by atoms with E-state index in [0.717, 1.165) is 12.8 Å². The number of phenols is 2. The van der Waals surface area contributed by atoms with Gasteiger partial charge in [-0.05, 0) is 43.9 Å². The normalized spacial score (nSPS) is 11.9. The standard InChI is InChI=1S/C26H26NO7/c1-4-7-10-27-17-13-20(30)19(29)12-15(17)22-21-14(8-9-18(28)24(21)27)11-16(25(31)33-5-2)23(22)26(32)34-6-3/h8-9,11-13,28,30H,4-7,10H2,1-3H3. The van der Waals surface area contributed by atoms with Crippen LogP contribution >= 0.6 is 0 Å². The van der Waals surface area contributed by atoms with Crippen molar-refractivity contribution in [2.45, 2.75) is 33.6 Å². The summed E-state index contributed by atoms with van der Waals surface area (Å²) in [4.78, 5) is 27.9. The fraction of sp³-hybridized carbons (Fsp3) is 0.308. The van der Waals surface area contributed by atoms with E-state index in [1.807, 2.05) is 11.8 Å². The number of carbonyl (C=O) groups excluding carboxylic acids is 2. The molecule has 0 fully saturated rings. The van der Waals surface area contributed by atoms with Crippen molar-refractivity contribution in [1.82, 2.24) is 0 Å². The SMILES string of the molecule is CCCCN1c2cc(O)c([O])cc2-c2c(C(=O)OCC)c(C(=O)OCC)cc3ccc(O)c1c23. The van der Waals surface area contributed by atoms with Crippen LogP contribution in [0.15, 0.2) is 30.3 Å². The Morgan fingerprint density at radius 2 is 1.65 bits per heavy atom. The Morgan fingerprint density at radius 1 is 0.941 bits per heavy atom. The first-order valence-electron chi connectivity index (χ1n) is 11.3. The van der Waals surface area contributed by atoms with Crippen molar-refractivity contribution >= 4 is 34.1 Å². The van der Waals surface area contributed by atoms with Gasteiger partial charge in [-0.1, -0.05) is 19.4 Å². The molecule has 0 atom stereocenters. The van der Waals surface area contributed by atoms with Crippen molar-refractivity contribution in [3.05, 3.63) is 41.5 Å². The Hall–Kier alpha value is -3.94. The van der Waals surface area contributed by atoms with E-state index in [9.17, 15) is 24.9 Å². The summed E-state index contributed by atoms with van der Waals surface area (Å²) in [6, 6.07) is 7.31. The maximum atomic E-state index is 13.2. The van der Waals surface area contributed by atoms with Crippen molar-refractivity contribution < 1.29 is 34.4 Å². The number of anilines is 2. The molecule has 1 aliphatic rings. The van der Waals surface area contributed by atoms with Gasteiger partial charge in [-0.25, -0.2) is 9.59 Å². The van der Waals surface area contributed by atoms with E-state index in [0.29, 0.717) is 39.8 Å². The second-order valence-electron chi connectivity index (χ2n) is 7.99. The average Bonchev–Trinajstić information content (AvgIpc) is 2.81. The first-order chi connectivity index (χ1) is 16.3. The van der Waals surface area contributed by atoms with Gasteiger partial charge in [0.25, 0.3) is 0 Å². The molecular formula is C26H26NO7. The van der Waals surface area contributed by atoms with Crippen LogP contribution in [0.2, 0.25) is 0 Å². The number of unbranched alkanes of at least 4 members (excludes halogenated alkanes) is 1. The highest BCUT2D eigenvalue weighted by atomic mass is 16.5. The number of hydrogen-bond acceptors (Lipinski definition) is 7. The molecule has 0 aromatic heterocycles. The van der Waals surface area contributed by atoms with Crippen LogP contribution in [0, 0.1) is 0 Å². The van der Waals surface area contributed by atoms with E-state index in [-0.39, 0.29) is 30.1 Å². The summed E-state index contributed by atoms with van der Waals surface area (Å²) >= 11 is 0. The summed E-state index contributed by atoms with van der Waals surface area (Å²) in [6.45, 7) is 6.03. The van der Waals surface area contributed by atoms with E-state index in [4.69, 9.17) is 9.47 Å². The lowest BCUT2D eigenvalue weighted by Gasteiger charge is -2.35. The van der Waals surface area contributed by atoms with Crippen molar-refractivity contribution in [3.63, 3.8) is 0 Å². The Labute approximate surface area is 197 Å². The molecule has 0 bridgehead atoms. The van der Waals surface area contributed by atoms with Crippen LogP contribution in [-0.4, -0.2) is 41.9 Å². The molecule has 8 heteroatoms. The number of ether oxygens (including phenoxy) is 2. The van der Waals surface area contributed by atoms with Crippen molar-refractivity contribution in [2.75, 3.05) is 24.7 Å². The van der Waals surface area contributed by atoms with E-state index in [2.05, 4.69) is 0 Å². The molecule has 0 saturated carbocycles. The van der Waals surface area contributed by atoms with Crippen LogP contribution in [0.5, 0.6) is 17.2 Å². The predicted molar refractivity (Wildman–Crippen MR) is 127 cm³/mol. The molecule has 3 aromatic carbocycles. The molecule has 0 saturated heterocycles. The minimum atomic E-state index is -0.745. The zero-order valence-corrected chi connectivity index (χ0v) is 19.3. The molecule has 0 spiro atoms. The number of fused-ring (bicyclic) bond motifs is 2. The maximum Gasteiger partial charge on any atom is 0.339 e. The Bertz CT molecular complexity index is 1300. The lowest BCUT2D eigenvalue weighted by atomic mass is 9.84. The first kappa shape index (κ1) is 23.2. The van der Waals surface area contributed by atoms with Crippen molar-refractivity contribution in [1.29, 1.82) is 0 Å². The third kappa shape index (κ3) is 3.65. The first-order valence-corrected chi connectivity index (χ1v) is 11.3. The number of nitrogens with zero attached hydrogens (tertiary/aromatic N) is 1. The molecule has 2 N–H and O–H groups in total. The second kappa shape index (κ2) is 9.13. The van der Waals surface area contributed by atoms with Gasteiger partial charge in [0.15, 0.2) is 5.75 Å². The molecule has 1 heterocycles. The van der Waals surface area contributed by atoms with E-state index >= 15 is 0 Å². The van der Waals surface area contributed by atoms with Crippen molar-refractivity contribution in [2.24, 2.45) is 0 Å². The fourth-order valence-electron chi connectivity index (χ4n) is 4.44. The number of esters is 2. The number of carbonyl (C=O) groups is 2. The molecular weight excluding hydrogens is 438 g/mol. The minimum absolute atomic E-state index is 0.00734. The molecule has 177 valence electrons. The van der Waals surface area contributed by atoms with Gasteiger partial charge in [-0.15, -0.1) is 0 Å². The third-order valence-corrected chi connectivity index (χ3v) is 5.88. The number of rotatable bonds is 7. The van der Waals surface area contributed by atoms with Gasteiger partial charge in [0, 0.05) is 29.1 Å². The lowest BCUT2D eigenvalue weighted by Crippen LogP contribution is -2.24. The number of phenolic OH excluding ortho intramolecular Hbond substituents is 2. The fourth-order valence-corrected chi connectivity index (χ4v) is 4.44. The van der Waals surface area contributed by atoms with E-state index in [1.54, 1.807) is 26.0 Å². The summed E-state index contributed by atoms with van der Waals surface area (Å²) in [5.41, 5.74) is 1.52. The highest BCUT2D eigenvalue weighted by Crippen LogP contribution is 2.55. The Morgan fingerprint density at radius 3 is 2.32 bits per heavy atom. The third-order valence-electron chi connectivity index (χ3n) is 5.88. The smallest absolute Gasteiger partial charge is 0.339 e. The number of hydrogen-bond donors (Lipinski definition) is 2. The van der Waals surface area contributed by atoms with Crippen LogP contribution < -0.4 is 4.90 Å². The zero-order chi connectivity index (χ0) is 24.6. The summed E-state index contributed by atoms with van der Waals surface area (Å²) in [5.74, 6) is -2.54. The minimum Gasteiger partial charge on any atom is -0.506 e. The van der Waals surface area contributed by atoms with Crippen LogP contribution in [0.1, 0.15) is 54.3 Å². The van der Waals surface area contributed by atoms with Gasteiger partial charge in [0.2, 0.25) is 5.75 Å². The second-order valence-corrected chi connectivity index (χ2v) is 7.99. The zero-order valence-electron chi connectivity index (χ0n) is 19.3. The Kier molecular flexibility index (Phi) is 6.24. The molecule has 1 radical (unpaired) electrons. The van der Waals surface area contributed by atoms with Gasteiger partial charge in [0.05, 0.1) is 35.7 Å². The summed E-state index contributed by atoms with van der Waals surface area (Å²) < 4.78 is 10.5. The molecule has 0 aliphatic carbocycles. The topological polar surface area (TPSA) is 116 Å². The number of benzene rings is 3. The van der Waals surface area contributed by atoms with Crippen LogP contribution in [0.25, 0.3) is 21.9 Å². The van der Waals surface area contributed by atoms with Crippen LogP contribution in [0.4, 0.5) is 11.4 Å². The van der Waals surface area contributed by atoms with Crippen LogP contribution in [-0.2, 0) is 14.6 Å². The summed E-state index contributed by atoms with van der Waals surface area (Å²) in [6.07, 6.45) is 1.65. The summed E-state index contributed by atoms with van der Waals surface area (Å²) in [5, 5.41) is 34.8.